The molecule has 0 aliphatic heterocycles. The van der Waals surface area contributed by atoms with Crippen molar-refractivity contribution in [3.63, 3.8) is 0 Å². The van der Waals surface area contributed by atoms with E-state index >= 15 is 0 Å². The summed E-state index contributed by atoms with van der Waals surface area (Å²) in [7, 11) is 0. The Morgan fingerprint density at radius 1 is 1.35 bits per heavy atom. The minimum atomic E-state index is 0.147. The van der Waals surface area contributed by atoms with Crippen LogP contribution in [0.1, 0.15) is 45.6 Å². The first-order chi connectivity index (χ1) is 9.51. The molecule has 1 aromatic rings. The van der Waals surface area contributed by atoms with Crippen molar-refractivity contribution in [2.75, 3.05) is 25.0 Å². The summed E-state index contributed by atoms with van der Waals surface area (Å²) in [6.07, 6.45) is 1.88. The Kier molecular flexibility index (Phi) is 6.71. The largest absolute Gasteiger partial charge is 0.369 e. The molecular formula is C14H23ClN4O. The number of aromatic nitrogens is 2. The molecule has 1 heterocycles. The van der Waals surface area contributed by atoms with Crippen LogP contribution >= 0.6 is 11.6 Å². The van der Waals surface area contributed by atoms with Gasteiger partial charge in [-0.2, -0.15) is 0 Å². The molecule has 0 radical (unpaired) electrons. The van der Waals surface area contributed by atoms with E-state index in [1.165, 1.54) is 6.33 Å². The Hall–Kier alpha value is -1.36. The highest BCUT2D eigenvalue weighted by molar-refractivity contribution is 6.30. The average Bonchev–Trinajstić information content (AvgIpc) is 2.39. The van der Waals surface area contributed by atoms with Crippen LogP contribution in [0.15, 0.2) is 6.33 Å². The SMILES string of the molecule is CCN(CC)C(=O)CCNc1ncnc(Cl)c1C(C)C. The molecule has 1 amide bonds. The summed E-state index contributed by atoms with van der Waals surface area (Å²) in [6, 6.07) is 0. The Morgan fingerprint density at radius 2 is 2.00 bits per heavy atom. The molecule has 0 aromatic carbocycles. The molecule has 0 aliphatic carbocycles. The Bertz CT molecular complexity index is 447. The van der Waals surface area contributed by atoms with Gasteiger partial charge in [0.2, 0.25) is 5.91 Å². The molecule has 20 heavy (non-hydrogen) atoms. The van der Waals surface area contributed by atoms with Crippen LogP contribution in [0.5, 0.6) is 0 Å². The fourth-order valence-electron chi connectivity index (χ4n) is 2.05. The summed E-state index contributed by atoms with van der Waals surface area (Å²) in [5.74, 6) is 1.09. The molecular weight excluding hydrogens is 276 g/mol. The van der Waals surface area contributed by atoms with Gasteiger partial charge in [0.15, 0.2) is 0 Å². The van der Waals surface area contributed by atoms with Gasteiger partial charge in [0, 0.05) is 31.6 Å². The van der Waals surface area contributed by atoms with Crippen LogP contribution < -0.4 is 5.32 Å². The standard InChI is InChI=1S/C14H23ClN4O/c1-5-19(6-2)11(20)7-8-16-14-12(10(3)4)13(15)17-9-18-14/h9-10H,5-8H2,1-4H3,(H,16,17,18). The molecule has 0 aliphatic rings. The first-order valence-corrected chi connectivity index (χ1v) is 7.41. The van der Waals surface area contributed by atoms with Crippen LogP contribution in [0.3, 0.4) is 0 Å². The van der Waals surface area contributed by atoms with E-state index in [-0.39, 0.29) is 11.8 Å². The number of nitrogens with zero attached hydrogens (tertiary/aromatic N) is 3. The second-order valence-corrected chi connectivity index (χ2v) is 5.18. The molecule has 1 aromatic heterocycles. The number of carbonyl (C=O) groups is 1. The molecule has 112 valence electrons. The van der Waals surface area contributed by atoms with Gasteiger partial charge in [-0.3, -0.25) is 4.79 Å². The molecule has 0 fully saturated rings. The molecule has 0 bridgehead atoms. The van der Waals surface area contributed by atoms with Crippen molar-refractivity contribution in [3.8, 4) is 0 Å². The molecule has 0 saturated heterocycles. The van der Waals surface area contributed by atoms with Crippen molar-refractivity contribution in [2.45, 2.75) is 40.0 Å². The van der Waals surface area contributed by atoms with Crippen LogP contribution in [0.25, 0.3) is 0 Å². The zero-order chi connectivity index (χ0) is 15.1. The molecule has 0 saturated carbocycles. The van der Waals surface area contributed by atoms with E-state index in [1.54, 1.807) is 0 Å². The van der Waals surface area contributed by atoms with E-state index in [1.807, 2.05) is 32.6 Å². The first kappa shape index (κ1) is 16.7. The molecule has 1 rings (SSSR count). The second-order valence-electron chi connectivity index (χ2n) is 4.82. The van der Waals surface area contributed by atoms with Crippen molar-refractivity contribution in [2.24, 2.45) is 0 Å². The van der Waals surface area contributed by atoms with Gasteiger partial charge in [-0.25, -0.2) is 9.97 Å². The molecule has 0 spiro atoms. The normalized spacial score (nSPS) is 10.7. The van der Waals surface area contributed by atoms with E-state index in [4.69, 9.17) is 11.6 Å². The summed E-state index contributed by atoms with van der Waals surface area (Å²) in [6.45, 7) is 10.1. The number of nitrogens with one attached hydrogen (secondary N) is 1. The Balaban J connectivity index is 2.63. The summed E-state index contributed by atoms with van der Waals surface area (Å²) in [5.41, 5.74) is 0.893. The smallest absolute Gasteiger partial charge is 0.224 e. The summed E-state index contributed by atoms with van der Waals surface area (Å²) in [4.78, 5) is 21.9. The average molecular weight is 299 g/mol. The Morgan fingerprint density at radius 3 is 2.55 bits per heavy atom. The minimum Gasteiger partial charge on any atom is -0.369 e. The lowest BCUT2D eigenvalue weighted by Crippen LogP contribution is -2.31. The van der Waals surface area contributed by atoms with Crippen molar-refractivity contribution in [1.82, 2.24) is 14.9 Å². The van der Waals surface area contributed by atoms with Gasteiger partial charge in [0.1, 0.15) is 17.3 Å². The van der Waals surface area contributed by atoms with E-state index in [0.29, 0.717) is 23.9 Å². The van der Waals surface area contributed by atoms with Crippen LogP contribution in [0.4, 0.5) is 5.82 Å². The highest BCUT2D eigenvalue weighted by Gasteiger charge is 2.14. The number of hydrogen-bond donors (Lipinski definition) is 1. The fraction of sp³-hybridized carbons (Fsp3) is 0.643. The number of anilines is 1. The lowest BCUT2D eigenvalue weighted by atomic mass is 10.1. The summed E-state index contributed by atoms with van der Waals surface area (Å²) in [5, 5.41) is 3.65. The highest BCUT2D eigenvalue weighted by atomic mass is 35.5. The fourth-order valence-corrected chi connectivity index (χ4v) is 2.40. The monoisotopic (exact) mass is 298 g/mol. The van der Waals surface area contributed by atoms with Crippen molar-refractivity contribution in [1.29, 1.82) is 0 Å². The zero-order valence-electron chi connectivity index (χ0n) is 12.6. The van der Waals surface area contributed by atoms with E-state index in [9.17, 15) is 4.79 Å². The van der Waals surface area contributed by atoms with Gasteiger partial charge < -0.3 is 10.2 Å². The van der Waals surface area contributed by atoms with Crippen LogP contribution in [0.2, 0.25) is 5.15 Å². The predicted molar refractivity (Wildman–Crippen MR) is 82.2 cm³/mol. The van der Waals surface area contributed by atoms with Gasteiger partial charge in [0.05, 0.1) is 0 Å². The highest BCUT2D eigenvalue weighted by Crippen LogP contribution is 2.27. The minimum absolute atomic E-state index is 0.147. The zero-order valence-corrected chi connectivity index (χ0v) is 13.4. The topological polar surface area (TPSA) is 58.1 Å². The molecule has 5 nitrogen and oxygen atoms in total. The van der Waals surface area contributed by atoms with Crippen molar-refractivity contribution in [3.05, 3.63) is 17.0 Å². The molecule has 1 N–H and O–H groups in total. The first-order valence-electron chi connectivity index (χ1n) is 7.03. The van der Waals surface area contributed by atoms with E-state index in [0.717, 1.165) is 18.7 Å². The van der Waals surface area contributed by atoms with Crippen molar-refractivity contribution >= 4 is 23.3 Å². The Labute approximate surface area is 125 Å². The summed E-state index contributed by atoms with van der Waals surface area (Å²) >= 11 is 6.09. The molecule has 0 unspecified atom stereocenters. The van der Waals surface area contributed by atoms with Gasteiger partial charge in [-0.15, -0.1) is 0 Å². The van der Waals surface area contributed by atoms with Crippen LogP contribution in [-0.4, -0.2) is 40.4 Å². The second kappa shape index (κ2) is 8.04. The number of carbonyl (C=O) groups excluding carboxylic acids is 1. The number of rotatable bonds is 7. The van der Waals surface area contributed by atoms with Crippen LogP contribution in [-0.2, 0) is 4.79 Å². The van der Waals surface area contributed by atoms with Crippen molar-refractivity contribution < 1.29 is 4.79 Å². The van der Waals surface area contributed by atoms with Gasteiger partial charge in [-0.05, 0) is 19.8 Å². The van der Waals surface area contributed by atoms with Gasteiger partial charge in [-0.1, -0.05) is 25.4 Å². The lowest BCUT2D eigenvalue weighted by Gasteiger charge is -2.19. The maximum Gasteiger partial charge on any atom is 0.224 e. The van der Waals surface area contributed by atoms with Gasteiger partial charge >= 0.3 is 0 Å². The molecule has 6 heteroatoms. The number of hydrogen-bond acceptors (Lipinski definition) is 4. The number of halogens is 1. The summed E-state index contributed by atoms with van der Waals surface area (Å²) < 4.78 is 0. The van der Waals surface area contributed by atoms with Gasteiger partial charge in [0.25, 0.3) is 0 Å². The lowest BCUT2D eigenvalue weighted by molar-refractivity contribution is -0.130. The third-order valence-electron chi connectivity index (χ3n) is 3.16. The third kappa shape index (κ3) is 4.34. The van der Waals surface area contributed by atoms with Crippen LogP contribution in [0, 0.1) is 0 Å². The third-order valence-corrected chi connectivity index (χ3v) is 3.46. The maximum absolute atomic E-state index is 11.9. The quantitative estimate of drug-likeness (QED) is 0.786. The van der Waals surface area contributed by atoms with E-state index in [2.05, 4.69) is 15.3 Å². The predicted octanol–water partition coefficient (Wildman–Crippen LogP) is 2.92. The maximum atomic E-state index is 11.9. The van der Waals surface area contributed by atoms with E-state index < -0.39 is 0 Å². The number of amides is 1. The molecule has 0 atom stereocenters.